The molecule has 0 radical (unpaired) electrons. The quantitative estimate of drug-likeness (QED) is 0.851. The predicted octanol–water partition coefficient (Wildman–Crippen LogP) is 2.66. The summed E-state index contributed by atoms with van der Waals surface area (Å²) >= 11 is 0. The number of ether oxygens (including phenoxy) is 2. The van der Waals surface area contributed by atoms with Crippen LogP contribution in [0.1, 0.15) is 39.2 Å². The van der Waals surface area contributed by atoms with Gasteiger partial charge in [0.1, 0.15) is 0 Å². The van der Waals surface area contributed by atoms with Gasteiger partial charge in [0.05, 0.1) is 19.6 Å². The second kappa shape index (κ2) is 8.58. The summed E-state index contributed by atoms with van der Waals surface area (Å²) in [5.41, 5.74) is 0.280. The summed E-state index contributed by atoms with van der Waals surface area (Å²) in [7, 11) is 3.21. The molecule has 1 aliphatic rings. The highest BCUT2D eigenvalue weighted by Crippen LogP contribution is 2.33. The van der Waals surface area contributed by atoms with E-state index in [9.17, 15) is 4.79 Å². The molecule has 2 N–H and O–H groups in total. The number of rotatable bonds is 5. The fourth-order valence-corrected chi connectivity index (χ4v) is 2.98. The maximum absolute atomic E-state index is 12.8. The Bertz CT molecular complexity index is 563. The van der Waals surface area contributed by atoms with Crippen molar-refractivity contribution in [1.82, 2.24) is 10.6 Å². The molecule has 0 bridgehead atoms. The van der Waals surface area contributed by atoms with Gasteiger partial charge in [-0.1, -0.05) is 6.07 Å². The van der Waals surface area contributed by atoms with E-state index in [1.165, 1.54) is 0 Å². The number of benzene rings is 1. The Hall–Kier alpha value is -1.46. The lowest BCUT2D eigenvalue weighted by Crippen LogP contribution is -2.50. The molecule has 1 aliphatic heterocycles. The molecule has 0 saturated carbocycles. The maximum Gasteiger partial charge on any atom is 0.230 e. The fraction of sp³-hybridized carbons (Fsp3) is 0.611. The van der Waals surface area contributed by atoms with Crippen molar-refractivity contribution in [3.63, 3.8) is 0 Å². The Kier molecular flexibility index (Phi) is 7.36. The Morgan fingerprint density at radius 2 is 1.92 bits per heavy atom. The zero-order valence-electron chi connectivity index (χ0n) is 15.1. The third-order valence-electron chi connectivity index (χ3n) is 4.63. The summed E-state index contributed by atoms with van der Waals surface area (Å²) < 4.78 is 10.6. The van der Waals surface area contributed by atoms with Crippen molar-refractivity contribution in [3.8, 4) is 11.5 Å². The van der Waals surface area contributed by atoms with Crippen LogP contribution in [0, 0.1) is 0 Å². The van der Waals surface area contributed by atoms with E-state index < -0.39 is 5.41 Å². The van der Waals surface area contributed by atoms with E-state index in [2.05, 4.69) is 17.6 Å². The highest BCUT2D eigenvalue weighted by atomic mass is 35.5. The van der Waals surface area contributed by atoms with Crippen LogP contribution in [0.5, 0.6) is 11.5 Å². The first-order chi connectivity index (χ1) is 10.9. The molecule has 1 saturated heterocycles. The van der Waals surface area contributed by atoms with E-state index in [-0.39, 0.29) is 24.4 Å². The van der Waals surface area contributed by atoms with Crippen LogP contribution in [0.2, 0.25) is 0 Å². The van der Waals surface area contributed by atoms with Crippen LogP contribution >= 0.6 is 12.4 Å². The smallest absolute Gasteiger partial charge is 0.230 e. The van der Waals surface area contributed by atoms with Gasteiger partial charge in [0, 0.05) is 12.1 Å². The first-order valence-electron chi connectivity index (χ1n) is 8.15. The van der Waals surface area contributed by atoms with Crippen LogP contribution in [0.4, 0.5) is 0 Å². The van der Waals surface area contributed by atoms with E-state index in [0.29, 0.717) is 17.5 Å². The second-order valence-electron chi connectivity index (χ2n) is 6.74. The molecule has 1 amide bonds. The minimum Gasteiger partial charge on any atom is -0.493 e. The lowest BCUT2D eigenvalue weighted by Gasteiger charge is -2.32. The third-order valence-corrected chi connectivity index (χ3v) is 4.63. The van der Waals surface area contributed by atoms with Crippen molar-refractivity contribution >= 4 is 18.3 Å². The summed E-state index contributed by atoms with van der Waals surface area (Å²) in [6.45, 7) is 6.98. The van der Waals surface area contributed by atoms with Gasteiger partial charge in [-0.05, 0) is 57.9 Å². The van der Waals surface area contributed by atoms with E-state index in [0.717, 1.165) is 24.9 Å². The number of methoxy groups -OCH3 is 2. The summed E-state index contributed by atoms with van der Waals surface area (Å²) in [6, 6.07) is 6.32. The van der Waals surface area contributed by atoms with Gasteiger partial charge in [-0.15, -0.1) is 12.4 Å². The van der Waals surface area contributed by atoms with Gasteiger partial charge in [0.2, 0.25) is 5.91 Å². The number of amides is 1. The molecule has 1 aromatic rings. The monoisotopic (exact) mass is 356 g/mol. The number of nitrogens with one attached hydrogen (secondary N) is 2. The van der Waals surface area contributed by atoms with Gasteiger partial charge in [0.25, 0.3) is 0 Å². The molecule has 1 fully saturated rings. The van der Waals surface area contributed by atoms with Crippen LogP contribution in [0.15, 0.2) is 18.2 Å². The standard InChI is InChI=1S/C18H28N2O3.ClH/c1-12-10-14(8-9-19-12)20-17(21)18(2,3)13-6-7-15(22-4)16(11-13)23-5;/h6-7,11-12,14,19H,8-10H2,1-5H3,(H,20,21);1H. The Morgan fingerprint density at radius 1 is 1.25 bits per heavy atom. The predicted molar refractivity (Wildman–Crippen MR) is 98.4 cm³/mol. The van der Waals surface area contributed by atoms with E-state index in [4.69, 9.17) is 9.47 Å². The molecule has 0 aromatic heterocycles. The maximum atomic E-state index is 12.8. The third kappa shape index (κ3) is 4.54. The largest absolute Gasteiger partial charge is 0.493 e. The van der Waals surface area contributed by atoms with E-state index >= 15 is 0 Å². The Morgan fingerprint density at radius 3 is 2.50 bits per heavy atom. The molecule has 2 unspecified atom stereocenters. The van der Waals surface area contributed by atoms with Gasteiger partial charge < -0.3 is 20.1 Å². The summed E-state index contributed by atoms with van der Waals surface area (Å²) in [6.07, 6.45) is 1.94. The van der Waals surface area contributed by atoms with Gasteiger partial charge >= 0.3 is 0 Å². The number of piperidine rings is 1. The van der Waals surface area contributed by atoms with Gasteiger partial charge in [0.15, 0.2) is 11.5 Å². The minimum absolute atomic E-state index is 0. The van der Waals surface area contributed by atoms with Crippen molar-refractivity contribution in [2.75, 3.05) is 20.8 Å². The zero-order valence-corrected chi connectivity index (χ0v) is 16.0. The summed E-state index contributed by atoms with van der Waals surface area (Å²) in [4.78, 5) is 12.8. The van der Waals surface area contributed by atoms with Crippen LogP contribution in [-0.4, -0.2) is 38.8 Å². The molecule has 2 atom stereocenters. The van der Waals surface area contributed by atoms with Gasteiger partial charge in [-0.2, -0.15) is 0 Å². The number of hydrogen-bond acceptors (Lipinski definition) is 4. The average Bonchev–Trinajstić information content (AvgIpc) is 2.54. The molecule has 6 heteroatoms. The number of carbonyl (C=O) groups is 1. The van der Waals surface area contributed by atoms with Crippen molar-refractivity contribution in [2.45, 2.75) is 51.1 Å². The first-order valence-corrected chi connectivity index (χ1v) is 8.15. The molecule has 0 spiro atoms. The zero-order chi connectivity index (χ0) is 17.0. The molecular weight excluding hydrogens is 328 g/mol. The van der Waals surface area contributed by atoms with Crippen LogP contribution in [0.25, 0.3) is 0 Å². The van der Waals surface area contributed by atoms with Crippen molar-refractivity contribution in [1.29, 1.82) is 0 Å². The first kappa shape index (κ1) is 20.6. The molecule has 2 rings (SSSR count). The topological polar surface area (TPSA) is 59.6 Å². The van der Waals surface area contributed by atoms with Crippen LogP contribution < -0.4 is 20.1 Å². The van der Waals surface area contributed by atoms with Crippen LogP contribution in [-0.2, 0) is 10.2 Å². The van der Waals surface area contributed by atoms with E-state index in [1.807, 2.05) is 32.0 Å². The van der Waals surface area contributed by atoms with Crippen molar-refractivity contribution in [2.24, 2.45) is 0 Å². The van der Waals surface area contributed by atoms with Crippen molar-refractivity contribution in [3.05, 3.63) is 23.8 Å². The van der Waals surface area contributed by atoms with Gasteiger partial charge in [-0.3, -0.25) is 4.79 Å². The average molecular weight is 357 g/mol. The molecule has 0 aliphatic carbocycles. The normalized spacial score (nSPS) is 20.7. The minimum atomic E-state index is -0.631. The molecule has 1 heterocycles. The van der Waals surface area contributed by atoms with Crippen molar-refractivity contribution < 1.29 is 14.3 Å². The Labute approximate surface area is 150 Å². The lowest BCUT2D eigenvalue weighted by molar-refractivity contribution is -0.126. The van der Waals surface area contributed by atoms with E-state index in [1.54, 1.807) is 14.2 Å². The SMILES string of the molecule is COc1ccc(C(C)(C)C(=O)NC2CCNC(C)C2)cc1OC.Cl. The Balaban J connectivity index is 0.00000288. The van der Waals surface area contributed by atoms with Crippen LogP contribution in [0.3, 0.4) is 0 Å². The second-order valence-corrected chi connectivity index (χ2v) is 6.74. The summed E-state index contributed by atoms with van der Waals surface area (Å²) in [5, 5.41) is 6.60. The molecule has 5 nitrogen and oxygen atoms in total. The molecular formula is C18H29ClN2O3. The highest BCUT2D eigenvalue weighted by Gasteiger charge is 2.33. The lowest BCUT2D eigenvalue weighted by atomic mass is 9.83. The van der Waals surface area contributed by atoms with Gasteiger partial charge in [-0.25, -0.2) is 0 Å². The molecule has 1 aromatic carbocycles. The molecule has 136 valence electrons. The fourth-order valence-electron chi connectivity index (χ4n) is 2.98. The number of halogens is 1. The summed E-state index contributed by atoms with van der Waals surface area (Å²) in [5.74, 6) is 1.35. The molecule has 24 heavy (non-hydrogen) atoms. The number of carbonyl (C=O) groups excluding carboxylic acids is 1. The highest BCUT2D eigenvalue weighted by molar-refractivity contribution is 5.87. The number of hydrogen-bond donors (Lipinski definition) is 2.